The Balaban J connectivity index is 0.724. The second kappa shape index (κ2) is 14.5. The number of hydrogen-bond donors (Lipinski definition) is 3. The van der Waals surface area contributed by atoms with Crippen molar-refractivity contribution in [3.05, 3.63) is 71.5 Å². The molecule has 3 aliphatic heterocycles. The molecule has 2 aromatic carbocycles. The minimum absolute atomic E-state index is 0.0664. The van der Waals surface area contributed by atoms with Gasteiger partial charge in [-0.3, -0.25) is 38.9 Å². The van der Waals surface area contributed by atoms with E-state index in [1.54, 1.807) is 30.3 Å². The molecule has 3 N–H and O–H groups in total. The van der Waals surface area contributed by atoms with Crippen LogP contribution in [0.5, 0.6) is 5.75 Å². The molecule has 20 heteroatoms. The van der Waals surface area contributed by atoms with E-state index in [0.717, 1.165) is 75.5 Å². The van der Waals surface area contributed by atoms with Gasteiger partial charge in [-0.05, 0) is 98.9 Å². The Morgan fingerprint density at radius 2 is 1.66 bits per heavy atom. The summed E-state index contributed by atoms with van der Waals surface area (Å²) in [6.07, 6.45) is 9.20. The number of likely N-dealkylation sites (tertiary alicyclic amines) is 1. The van der Waals surface area contributed by atoms with Crippen molar-refractivity contribution in [2.45, 2.75) is 74.9 Å². The van der Waals surface area contributed by atoms with Gasteiger partial charge < -0.3 is 20.3 Å². The number of nitrogens with zero attached hydrogens (tertiary/aromatic N) is 5. The summed E-state index contributed by atoms with van der Waals surface area (Å²) in [5.74, 6) is -1.87. The summed E-state index contributed by atoms with van der Waals surface area (Å²) in [5.41, 5.74) is 1.36. The number of carbonyl (C=O) groups is 5. The molecule has 330 valence electrons. The summed E-state index contributed by atoms with van der Waals surface area (Å²) in [4.78, 5) is 70.0. The van der Waals surface area contributed by atoms with Gasteiger partial charge in [-0.15, -0.1) is 0 Å². The molecule has 4 aromatic rings. The van der Waals surface area contributed by atoms with E-state index < -0.39 is 56.5 Å². The van der Waals surface area contributed by atoms with Crippen LogP contribution in [0.4, 0.5) is 30.8 Å². The standard InChI is InChI=1S/C42H45F5N8O6S/c1-61-34-17-31-26(16-32(34)50-38(57)30-6-3-7-36(49-30)62(43,44,45,46)47)21-54(52-31)27-10-8-24(9-11-27)20-53-22-42(23-53)18-25(19-42)14-15-48-29-5-2-4-28-37(29)41(60)55(40(28)59)33-12-13-35(56)51-39(33)58/h2-7,16-17,21,24-25,27,33,48H,8-15,18-20,22-23H2,1H3,(H,50,57)(H,51,56,58)/t24-,27-,33?. The van der Waals surface area contributed by atoms with Crippen LogP contribution in [-0.2, 0) is 9.59 Å². The number of hydrogen-bond acceptors (Lipinski definition) is 10. The average Bonchev–Trinajstić information content (AvgIpc) is 3.72. The number of amides is 5. The number of rotatable bonds is 12. The third-order valence-corrected chi connectivity index (χ3v) is 14.1. The van der Waals surface area contributed by atoms with Gasteiger partial charge in [0.1, 0.15) is 17.5 Å². The molecule has 4 fully saturated rings. The monoisotopic (exact) mass is 884 g/mol. The highest BCUT2D eigenvalue weighted by Crippen LogP contribution is 3.01. The van der Waals surface area contributed by atoms with E-state index in [-0.39, 0.29) is 47.5 Å². The van der Waals surface area contributed by atoms with Crippen LogP contribution in [0.2, 0.25) is 0 Å². The molecule has 0 radical (unpaired) electrons. The van der Waals surface area contributed by atoms with Gasteiger partial charge in [-0.2, -0.15) is 5.10 Å². The Hall–Kier alpha value is -5.63. The number of halogens is 5. The van der Waals surface area contributed by atoms with Crippen LogP contribution in [0.3, 0.4) is 0 Å². The van der Waals surface area contributed by atoms with Crippen LogP contribution in [0.25, 0.3) is 10.9 Å². The summed E-state index contributed by atoms with van der Waals surface area (Å²) in [6, 6.07) is 9.20. The molecule has 2 aliphatic carbocycles. The molecule has 5 amide bonds. The molecule has 5 aliphatic rings. The Labute approximate surface area is 352 Å². The van der Waals surface area contributed by atoms with Gasteiger partial charge in [-0.25, -0.2) is 4.98 Å². The molecule has 1 unspecified atom stereocenters. The third-order valence-electron chi connectivity index (χ3n) is 13.0. The lowest BCUT2D eigenvalue weighted by Gasteiger charge is -2.60. The number of anilines is 2. The maximum Gasteiger partial charge on any atom is 0.325 e. The van der Waals surface area contributed by atoms with Gasteiger partial charge in [0, 0.05) is 55.9 Å². The molecule has 2 saturated heterocycles. The van der Waals surface area contributed by atoms with E-state index in [4.69, 9.17) is 9.84 Å². The molecular formula is C42H45F5N8O6S. The largest absolute Gasteiger partial charge is 0.494 e. The number of benzene rings is 2. The van der Waals surface area contributed by atoms with Gasteiger partial charge in [0.25, 0.3) is 17.7 Å². The molecule has 2 saturated carbocycles. The smallest absolute Gasteiger partial charge is 0.325 e. The fourth-order valence-corrected chi connectivity index (χ4v) is 10.8. The number of carbonyl (C=O) groups excluding carboxylic acids is 5. The van der Waals surface area contributed by atoms with Crippen molar-refractivity contribution in [3.8, 4) is 5.75 Å². The Bertz CT molecular complexity index is 2530. The van der Waals surface area contributed by atoms with Gasteiger partial charge in [0.2, 0.25) is 11.8 Å². The summed E-state index contributed by atoms with van der Waals surface area (Å²) < 4.78 is 74.0. The highest BCUT2D eigenvalue weighted by Gasteiger charge is 2.67. The van der Waals surface area contributed by atoms with Gasteiger partial charge in [-0.1, -0.05) is 31.6 Å². The quantitative estimate of drug-likeness (QED) is 0.0948. The number of imide groups is 2. The summed E-state index contributed by atoms with van der Waals surface area (Å²) in [6.45, 7) is 3.86. The second-order valence-electron chi connectivity index (χ2n) is 17.5. The van der Waals surface area contributed by atoms with Crippen molar-refractivity contribution < 1.29 is 48.1 Å². The van der Waals surface area contributed by atoms with E-state index >= 15 is 0 Å². The maximum absolute atomic E-state index is 13.4. The third kappa shape index (κ3) is 7.97. The molecule has 62 heavy (non-hydrogen) atoms. The van der Waals surface area contributed by atoms with Crippen molar-refractivity contribution in [2.24, 2.45) is 17.3 Å². The van der Waals surface area contributed by atoms with Gasteiger partial charge in [0.05, 0.1) is 35.5 Å². The number of ether oxygens (including phenoxy) is 1. The van der Waals surface area contributed by atoms with E-state index in [1.807, 2.05) is 10.9 Å². The molecule has 5 heterocycles. The number of pyridine rings is 1. The molecule has 1 atom stereocenters. The lowest BCUT2D eigenvalue weighted by molar-refractivity contribution is -0.136. The van der Waals surface area contributed by atoms with Crippen molar-refractivity contribution >= 4 is 62.0 Å². The van der Waals surface area contributed by atoms with E-state index in [0.29, 0.717) is 46.5 Å². The molecular weight excluding hydrogens is 840 g/mol. The first kappa shape index (κ1) is 41.7. The topological polar surface area (TPSA) is 168 Å². The fraction of sp³-hybridized carbons (Fsp3) is 0.452. The normalized spacial score (nSPS) is 23.9. The van der Waals surface area contributed by atoms with Crippen molar-refractivity contribution in [3.63, 3.8) is 0 Å². The van der Waals surface area contributed by atoms with Gasteiger partial charge in [0.15, 0.2) is 5.03 Å². The van der Waals surface area contributed by atoms with E-state index in [1.165, 1.54) is 7.11 Å². The lowest BCUT2D eigenvalue weighted by Crippen LogP contribution is -2.63. The predicted octanol–water partition coefficient (Wildman–Crippen LogP) is 7.70. The Morgan fingerprint density at radius 1 is 0.919 bits per heavy atom. The first-order chi connectivity index (χ1) is 29.3. The first-order valence-corrected chi connectivity index (χ1v) is 22.6. The number of nitrogens with one attached hydrogen (secondary N) is 3. The van der Waals surface area contributed by atoms with Crippen LogP contribution in [0.1, 0.15) is 95.0 Å². The first-order valence-electron chi connectivity index (χ1n) is 20.7. The number of aromatic nitrogens is 3. The second-order valence-corrected chi connectivity index (χ2v) is 19.9. The zero-order valence-electron chi connectivity index (χ0n) is 33.7. The Morgan fingerprint density at radius 3 is 2.37 bits per heavy atom. The molecule has 2 aromatic heterocycles. The number of piperidine rings is 1. The summed E-state index contributed by atoms with van der Waals surface area (Å²) in [5, 5.41) is 11.1. The highest BCUT2D eigenvalue weighted by molar-refractivity contribution is 8.45. The van der Waals surface area contributed by atoms with Crippen LogP contribution in [0, 0.1) is 17.3 Å². The SMILES string of the molecule is COc1cc2nn([C@H]3CC[C@H](CN4CC5(CC(CCNc6cccc7c6C(=O)N(C6CCC(=O)NC6=O)C7=O)C5)C4)CC3)cc2cc1NC(=O)c1cccc(S(F)(F)(F)(F)F)n1. The predicted molar refractivity (Wildman–Crippen MR) is 219 cm³/mol. The van der Waals surface area contributed by atoms with Gasteiger partial charge >= 0.3 is 10.2 Å². The molecule has 0 bridgehead atoms. The lowest BCUT2D eigenvalue weighted by atomic mass is 9.57. The summed E-state index contributed by atoms with van der Waals surface area (Å²) >= 11 is 0. The van der Waals surface area contributed by atoms with Crippen LogP contribution < -0.4 is 20.7 Å². The average molecular weight is 885 g/mol. The molecule has 1 spiro atoms. The van der Waals surface area contributed by atoms with Crippen molar-refractivity contribution in [1.29, 1.82) is 0 Å². The van der Waals surface area contributed by atoms with E-state index in [9.17, 15) is 43.4 Å². The van der Waals surface area contributed by atoms with Crippen LogP contribution in [-0.4, -0.2) is 93.4 Å². The number of methoxy groups -OCH3 is 1. The minimum Gasteiger partial charge on any atom is -0.494 e. The fourth-order valence-electron chi connectivity index (χ4n) is 10.2. The molecule has 9 rings (SSSR count). The van der Waals surface area contributed by atoms with Crippen molar-refractivity contribution in [1.82, 2.24) is 29.9 Å². The maximum atomic E-state index is 13.4. The Kier molecular flexibility index (Phi) is 9.73. The van der Waals surface area contributed by atoms with Crippen LogP contribution >= 0.6 is 10.2 Å². The van der Waals surface area contributed by atoms with E-state index in [2.05, 4.69) is 25.8 Å². The summed E-state index contributed by atoms with van der Waals surface area (Å²) in [7, 11) is -8.73. The van der Waals surface area contributed by atoms with Crippen LogP contribution in [0.15, 0.2) is 59.8 Å². The molecule has 14 nitrogen and oxygen atoms in total. The zero-order chi connectivity index (χ0) is 43.8. The zero-order valence-corrected chi connectivity index (χ0v) is 34.5. The minimum atomic E-state index is -10.1. The van der Waals surface area contributed by atoms with Crippen molar-refractivity contribution in [2.75, 3.05) is 43.9 Å². The number of fused-ring (bicyclic) bond motifs is 2. The highest BCUT2D eigenvalue weighted by atomic mass is 32.5.